The average Bonchev–Trinajstić information content (AvgIpc) is 3.05. The van der Waals surface area contributed by atoms with Crippen LogP contribution in [-0.2, 0) is 15.1 Å². The van der Waals surface area contributed by atoms with Crippen LogP contribution >= 0.6 is 11.6 Å². The molecule has 2 aromatic rings. The van der Waals surface area contributed by atoms with Crippen LogP contribution in [0, 0.1) is 0 Å². The van der Waals surface area contributed by atoms with E-state index in [-0.39, 0.29) is 11.3 Å². The Bertz CT molecular complexity index is 1010. The number of aliphatic hydroxyl groups excluding tert-OH is 1. The zero-order chi connectivity index (χ0) is 22.0. The fraction of sp³-hybridized carbons (Fsp3) is 0.360. The third-order valence-electron chi connectivity index (χ3n) is 6.53. The Morgan fingerprint density at radius 1 is 1.10 bits per heavy atom. The van der Waals surface area contributed by atoms with Gasteiger partial charge in [-0.15, -0.1) is 0 Å². The van der Waals surface area contributed by atoms with Crippen molar-refractivity contribution in [2.45, 2.75) is 56.9 Å². The minimum absolute atomic E-state index is 0.256. The van der Waals surface area contributed by atoms with E-state index in [1.54, 1.807) is 24.3 Å². The molecule has 0 aromatic heterocycles. The summed E-state index contributed by atoms with van der Waals surface area (Å²) in [6.07, 6.45) is 6.63. The number of anilines is 1. The van der Waals surface area contributed by atoms with E-state index in [0.29, 0.717) is 28.6 Å². The first-order valence-corrected chi connectivity index (χ1v) is 11.3. The number of halogens is 1. The van der Waals surface area contributed by atoms with Crippen LogP contribution in [0.2, 0.25) is 5.02 Å². The normalized spacial score (nSPS) is 21.8. The maximum Gasteiger partial charge on any atom is 0.264 e. The number of benzene rings is 2. The molecule has 6 heteroatoms. The maximum atomic E-state index is 12.9. The molecule has 3 N–H and O–H groups in total. The Morgan fingerprint density at radius 3 is 2.35 bits per heavy atom. The number of amides is 2. The first-order chi connectivity index (χ1) is 14.9. The molecule has 1 aliphatic heterocycles. The molecule has 1 saturated carbocycles. The van der Waals surface area contributed by atoms with Crippen LogP contribution in [0.15, 0.2) is 59.9 Å². The summed E-state index contributed by atoms with van der Waals surface area (Å²) >= 11 is 5.98. The molecule has 0 radical (unpaired) electrons. The Morgan fingerprint density at radius 2 is 1.74 bits per heavy atom. The van der Waals surface area contributed by atoms with Gasteiger partial charge in [-0.1, -0.05) is 62.1 Å². The molecular weight excluding hydrogens is 412 g/mol. The zero-order valence-electron chi connectivity index (χ0n) is 17.6. The van der Waals surface area contributed by atoms with Gasteiger partial charge in [-0.2, -0.15) is 0 Å². The Kier molecular flexibility index (Phi) is 6.05. The van der Waals surface area contributed by atoms with Gasteiger partial charge in [0.2, 0.25) is 0 Å². The highest BCUT2D eigenvalue weighted by atomic mass is 35.5. The molecule has 1 aliphatic carbocycles. The molecule has 1 atom stereocenters. The molecule has 0 bridgehead atoms. The fourth-order valence-electron chi connectivity index (χ4n) is 4.72. The van der Waals surface area contributed by atoms with Gasteiger partial charge in [0.25, 0.3) is 11.8 Å². The van der Waals surface area contributed by atoms with Gasteiger partial charge in [-0.25, -0.2) is 0 Å². The second-order valence-electron chi connectivity index (χ2n) is 8.35. The summed E-state index contributed by atoms with van der Waals surface area (Å²) in [5, 5.41) is 17.1. The van der Waals surface area contributed by atoms with Gasteiger partial charge < -0.3 is 15.7 Å². The van der Waals surface area contributed by atoms with Crippen molar-refractivity contribution in [2.24, 2.45) is 0 Å². The van der Waals surface area contributed by atoms with Crippen LogP contribution in [0.5, 0.6) is 0 Å². The molecule has 4 rings (SSSR count). The van der Waals surface area contributed by atoms with Crippen LogP contribution in [0.1, 0.15) is 62.5 Å². The van der Waals surface area contributed by atoms with Crippen molar-refractivity contribution < 1.29 is 14.7 Å². The van der Waals surface area contributed by atoms with E-state index in [4.69, 9.17) is 11.6 Å². The highest BCUT2D eigenvalue weighted by molar-refractivity contribution is 6.30. The predicted octanol–water partition coefficient (Wildman–Crippen LogP) is 5.57. The smallest absolute Gasteiger partial charge is 0.264 e. The molecular formula is C25H27ClN2O3. The highest BCUT2D eigenvalue weighted by Gasteiger charge is 2.48. The molecule has 31 heavy (non-hydrogen) atoms. The molecule has 0 spiro atoms. The van der Waals surface area contributed by atoms with Crippen LogP contribution in [0.4, 0.5) is 5.69 Å². The minimum Gasteiger partial charge on any atom is -0.508 e. The number of carbonyl (C=O) groups excluding carboxylic acids is 2. The fourth-order valence-corrected chi connectivity index (χ4v) is 4.84. The number of carbonyl (C=O) groups is 2. The van der Waals surface area contributed by atoms with Crippen molar-refractivity contribution in [1.82, 2.24) is 5.32 Å². The summed E-state index contributed by atoms with van der Waals surface area (Å²) in [5.74, 6) is -0.899. The van der Waals surface area contributed by atoms with E-state index in [1.165, 1.54) is 37.7 Å². The predicted molar refractivity (Wildman–Crippen MR) is 122 cm³/mol. The van der Waals surface area contributed by atoms with Crippen LogP contribution in [-0.4, -0.2) is 16.9 Å². The molecule has 1 heterocycles. The maximum absolute atomic E-state index is 12.9. The van der Waals surface area contributed by atoms with Gasteiger partial charge in [0.05, 0.1) is 0 Å². The summed E-state index contributed by atoms with van der Waals surface area (Å²) in [5.41, 5.74) is 1.15. The monoisotopic (exact) mass is 438 g/mol. The summed E-state index contributed by atoms with van der Waals surface area (Å²) in [7, 11) is 0. The molecule has 2 aromatic carbocycles. The lowest BCUT2D eigenvalue weighted by molar-refractivity contribution is -0.121. The number of hydrogen-bond acceptors (Lipinski definition) is 3. The Labute approximate surface area is 187 Å². The Balaban J connectivity index is 1.55. The molecule has 2 amide bonds. The summed E-state index contributed by atoms with van der Waals surface area (Å²) < 4.78 is 0. The lowest BCUT2D eigenvalue weighted by Crippen LogP contribution is -2.41. The second kappa shape index (κ2) is 8.75. The third kappa shape index (κ3) is 4.07. The second-order valence-corrected chi connectivity index (χ2v) is 8.79. The number of nitrogens with one attached hydrogen (secondary N) is 2. The lowest BCUT2D eigenvalue weighted by atomic mass is 9.84. The van der Waals surface area contributed by atoms with Gasteiger partial charge in [0.1, 0.15) is 16.9 Å². The standard InChI is InChI=1S/C25H27ClN2O3/c1-2-25(18-10-12-19(26)13-11-18)22(29)21(24(31)28-25)23(30)27-20-14-8-17(9-15-20)16-6-4-3-5-7-16/h8-16,29H,2-7H2,1H3,(H,27,30)(H,28,31). The molecule has 1 unspecified atom stereocenters. The van der Waals surface area contributed by atoms with Crippen LogP contribution in [0.3, 0.4) is 0 Å². The molecule has 2 aliphatic rings. The van der Waals surface area contributed by atoms with E-state index in [0.717, 1.165) is 0 Å². The van der Waals surface area contributed by atoms with Gasteiger partial charge in [0.15, 0.2) is 0 Å². The zero-order valence-corrected chi connectivity index (χ0v) is 18.3. The van der Waals surface area contributed by atoms with Gasteiger partial charge >= 0.3 is 0 Å². The minimum atomic E-state index is -1.14. The number of rotatable bonds is 5. The van der Waals surface area contributed by atoms with Crippen molar-refractivity contribution in [2.75, 3.05) is 5.32 Å². The number of hydrogen-bond donors (Lipinski definition) is 3. The van der Waals surface area contributed by atoms with Gasteiger partial charge in [-0.3, -0.25) is 9.59 Å². The van der Waals surface area contributed by atoms with Crippen LogP contribution in [0.25, 0.3) is 0 Å². The number of aliphatic hydroxyl groups is 1. The van der Waals surface area contributed by atoms with Crippen molar-refractivity contribution in [3.05, 3.63) is 76.0 Å². The van der Waals surface area contributed by atoms with Gasteiger partial charge in [0, 0.05) is 10.7 Å². The van der Waals surface area contributed by atoms with Crippen molar-refractivity contribution in [3.63, 3.8) is 0 Å². The molecule has 5 nitrogen and oxygen atoms in total. The quantitative estimate of drug-likeness (QED) is 0.533. The van der Waals surface area contributed by atoms with Crippen molar-refractivity contribution >= 4 is 29.1 Å². The summed E-state index contributed by atoms with van der Waals surface area (Å²) in [6.45, 7) is 1.84. The largest absolute Gasteiger partial charge is 0.508 e. The van der Waals surface area contributed by atoms with Gasteiger partial charge in [-0.05, 0) is 60.6 Å². The lowest BCUT2D eigenvalue weighted by Gasteiger charge is -2.28. The van der Waals surface area contributed by atoms with E-state index in [1.807, 2.05) is 31.2 Å². The van der Waals surface area contributed by atoms with E-state index in [9.17, 15) is 14.7 Å². The van der Waals surface area contributed by atoms with E-state index < -0.39 is 17.4 Å². The van der Waals surface area contributed by atoms with Crippen molar-refractivity contribution in [1.29, 1.82) is 0 Å². The van der Waals surface area contributed by atoms with E-state index in [2.05, 4.69) is 10.6 Å². The summed E-state index contributed by atoms with van der Waals surface area (Å²) in [6, 6.07) is 14.7. The SMILES string of the molecule is CCC1(c2ccc(Cl)cc2)NC(=O)C(C(=O)Nc2ccc(C3CCCCC3)cc2)=C1O. The first kappa shape index (κ1) is 21.4. The van der Waals surface area contributed by atoms with Crippen molar-refractivity contribution in [3.8, 4) is 0 Å². The molecule has 162 valence electrons. The summed E-state index contributed by atoms with van der Waals surface area (Å²) in [4.78, 5) is 25.6. The van der Waals surface area contributed by atoms with Crippen LogP contribution < -0.4 is 10.6 Å². The topological polar surface area (TPSA) is 78.4 Å². The Hall–Kier alpha value is -2.79. The molecule has 1 fully saturated rings. The third-order valence-corrected chi connectivity index (χ3v) is 6.79. The first-order valence-electron chi connectivity index (χ1n) is 10.9. The molecule has 0 saturated heterocycles. The highest BCUT2D eigenvalue weighted by Crippen LogP contribution is 2.39. The van der Waals surface area contributed by atoms with E-state index >= 15 is 0 Å². The average molecular weight is 439 g/mol.